The van der Waals surface area contributed by atoms with E-state index in [1.165, 1.54) is 4.80 Å². The summed E-state index contributed by atoms with van der Waals surface area (Å²) in [5, 5.41) is 21.4. The van der Waals surface area contributed by atoms with Gasteiger partial charge in [-0.15, -0.1) is 10.2 Å². The summed E-state index contributed by atoms with van der Waals surface area (Å²) in [6.07, 6.45) is 4.55. The minimum absolute atomic E-state index is 0.211. The Morgan fingerprint density at radius 1 is 1.42 bits per heavy atom. The van der Waals surface area contributed by atoms with Crippen molar-refractivity contribution in [2.45, 2.75) is 31.2 Å². The van der Waals surface area contributed by atoms with Crippen molar-refractivity contribution in [2.24, 2.45) is 7.05 Å². The number of hydrogen-bond donors (Lipinski definition) is 2. The van der Waals surface area contributed by atoms with Crippen molar-refractivity contribution in [1.29, 1.82) is 0 Å². The molecule has 0 aliphatic heterocycles. The summed E-state index contributed by atoms with van der Waals surface area (Å²) in [6, 6.07) is 0.214. The maximum atomic E-state index is 8.88. The maximum absolute atomic E-state index is 8.88. The molecule has 3 heterocycles. The number of anilines is 1. The molecule has 134 valence electrons. The Bertz CT molecular complexity index is 1030. The lowest BCUT2D eigenvalue weighted by atomic mass is 10.1. The molecule has 1 aliphatic carbocycles. The van der Waals surface area contributed by atoms with Gasteiger partial charge in [-0.3, -0.25) is 0 Å². The number of nitrogens with zero attached hydrogens (tertiary/aromatic N) is 7. The largest absolute Gasteiger partial charge is 0.396 e. The van der Waals surface area contributed by atoms with E-state index >= 15 is 0 Å². The molecular weight excluding hydrogens is 356 g/mol. The summed E-state index contributed by atoms with van der Waals surface area (Å²) in [5.74, 6) is 6.31. The molecule has 0 saturated heterocycles. The third-order valence-electron chi connectivity index (χ3n) is 4.68. The van der Waals surface area contributed by atoms with Crippen LogP contribution in [-0.4, -0.2) is 46.5 Å². The van der Waals surface area contributed by atoms with Crippen LogP contribution in [0.2, 0.25) is 5.15 Å². The van der Waals surface area contributed by atoms with Crippen molar-refractivity contribution in [3.8, 4) is 11.8 Å². The highest BCUT2D eigenvalue weighted by Gasteiger charge is 2.31. The predicted molar refractivity (Wildman–Crippen MR) is 95.3 cm³/mol. The highest BCUT2D eigenvalue weighted by Crippen LogP contribution is 2.41. The van der Waals surface area contributed by atoms with Gasteiger partial charge in [0.15, 0.2) is 11.5 Å². The minimum Gasteiger partial charge on any atom is -0.396 e. The van der Waals surface area contributed by atoms with Crippen LogP contribution in [-0.2, 0) is 7.05 Å². The van der Waals surface area contributed by atoms with Crippen molar-refractivity contribution in [3.05, 3.63) is 22.9 Å². The number of hydrogen-bond acceptors (Lipinski definition) is 7. The zero-order valence-corrected chi connectivity index (χ0v) is 14.8. The van der Waals surface area contributed by atoms with Crippen molar-refractivity contribution < 1.29 is 5.11 Å². The SMILES string of the molecule is Cn1nnc([C@@H]2CCC(n3cnc4c(N)c(C#CCO)c(Cl)nc43)C2)n1. The van der Waals surface area contributed by atoms with E-state index in [4.69, 9.17) is 22.4 Å². The molecule has 3 aromatic rings. The smallest absolute Gasteiger partial charge is 0.177 e. The molecule has 0 bridgehead atoms. The molecule has 1 aliphatic rings. The molecule has 3 N–H and O–H groups in total. The first kappa shape index (κ1) is 16.8. The standard InChI is InChI=1S/C16H17ClN8O/c1-24-22-15(21-23-24)9-4-5-10(7-9)25-8-19-13-12(18)11(3-2-6-26)14(17)20-16(13)25/h8-10,26H,4-7H2,1H3,(H2,18,20)/t9-,10?/m1/s1. The molecule has 0 aromatic carbocycles. The summed E-state index contributed by atoms with van der Waals surface area (Å²) < 4.78 is 2.01. The molecule has 26 heavy (non-hydrogen) atoms. The van der Waals surface area contributed by atoms with E-state index in [1.807, 2.05) is 4.57 Å². The van der Waals surface area contributed by atoms with Crippen LogP contribution in [0.3, 0.4) is 0 Å². The van der Waals surface area contributed by atoms with Gasteiger partial charge in [-0.25, -0.2) is 9.97 Å². The zero-order valence-electron chi connectivity index (χ0n) is 14.1. The summed E-state index contributed by atoms with van der Waals surface area (Å²) in [5.41, 5.74) is 8.16. The number of aryl methyl sites for hydroxylation is 1. The van der Waals surface area contributed by atoms with Gasteiger partial charge in [0.05, 0.1) is 24.6 Å². The summed E-state index contributed by atoms with van der Waals surface area (Å²) >= 11 is 6.26. The number of nitrogen functional groups attached to an aromatic ring is 1. The number of halogens is 1. The fraction of sp³-hybridized carbons (Fsp3) is 0.438. The molecule has 2 atom stereocenters. The Morgan fingerprint density at radius 3 is 3.00 bits per heavy atom. The van der Waals surface area contributed by atoms with Crippen LogP contribution in [0.4, 0.5) is 5.69 Å². The van der Waals surface area contributed by atoms with Gasteiger partial charge in [-0.05, 0) is 24.5 Å². The summed E-state index contributed by atoms with van der Waals surface area (Å²) in [4.78, 5) is 10.3. The molecule has 3 aromatic heterocycles. The van der Waals surface area contributed by atoms with E-state index in [0.29, 0.717) is 22.4 Å². The number of aliphatic hydroxyl groups excluding tert-OH is 1. The molecule has 1 fully saturated rings. The number of aromatic nitrogens is 7. The van der Waals surface area contributed by atoms with Gasteiger partial charge in [-0.1, -0.05) is 23.4 Å². The van der Waals surface area contributed by atoms with Crippen LogP contribution in [0.15, 0.2) is 6.33 Å². The van der Waals surface area contributed by atoms with E-state index in [-0.39, 0.29) is 23.7 Å². The van der Waals surface area contributed by atoms with Crippen LogP contribution in [0, 0.1) is 11.8 Å². The molecule has 0 amide bonds. The van der Waals surface area contributed by atoms with Crippen LogP contribution >= 0.6 is 11.6 Å². The van der Waals surface area contributed by atoms with Crippen molar-refractivity contribution in [2.75, 3.05) is 12.3 Å². The van der Waals surface area contributed by atoms with Crippen LogP contribution < -0.4 is 5.73 Å². The van der Waals surface area contributed by atoms with Gasteiger partial charge in [0.1, 0.15) is 17.3 Å². The molecule has 10 heteroatoms. The highest BCUT2D eigenvalue weighted by atomic mass is 35.5. The Morgan fingerprint density at radius 2 is 2.27 bits per heavy atom. The Kier molecular flexibility index (Phi) is 4.22. The first-order chi connectivity index (χ1) is 12.6. The quantitative estimate of drug-likeness (QED) is 0.509. The van der Waals surface area contributed by atoms with E-state index in [0.717, 1.165) is 25.1 Å². The van der Waals surface area contributed by atoms with Crippen LogP contribution in [0.1, 0.15) is 42.6 Å². The van der Waals surface area contributed by atoms with Gasteiger partial charge in [0.25, 0.3) is 0 Å². The molecular formula is C16H17ClN8O. The molecule has 1 unspecified atom stereocenters. The minimum atomic E-state index is -0.276. The van der Waals surface area contributed by atoms with Crippen LogP contribution in [0.25, 0.3) is 11.2 Å². The Labute approximate surface area is 154 Å². The normalized spacial score (nSPS) is 19.7. The zero-order chi connectivity index (χ0) is 18.3. The number of nitrogens with two attached hydrogens (primary N) is 1. The Hall–Kier alpha value is -2.70. The number of tetrazole rings is 1. The lowest BCUT2D eigenvalue weighted by Crippen LogP contribution is -2.06. The highest BCUT2D eigenvalue weighted by molar-refractivity contribution is 6.31. The lowest BCUT2D eigenvalue weighted by Gasteiger charge is -2.13. The van der Waals surface area contributed by atoms with Gasteiger partial charge in [0, 0.05) is 12.0 Å². The fourth-order valence-corrected chi connectivity index (χ4v) is 3.68. The topological polar surface area (TPSA) is 121 Å². The average molecular weight is 373 g/mol. The van der Waals surface area contributed by atoms with Gasteiger partial charge >= 0.3 is 0 Å². The number of rotatable bonds is 2. The predicted octanol–water partition coefficient (Wildman–Crippen LogP) is 1.04. The van der Waals surface area contributed by atoms with E-state index in [1.54, 1.807) is 13.4 Å². The third kappa shape index (κ3) is 2.77. The number of aliphatic hydroxyl groups is 1. The average Bonchev–Trinajstić information content (AvgIpc) is 3.33. The van der Waals surface area contributed by atoms with Crippen molar-refractivity contribution in [1.82, 2.24) is 34.7 Å². The maximum Gasteiger partial charge on any atom is 0.177 e. The summed E-state index contributed by atoms with van der Waals surface area (Å²) in [6.45, 7) is -0.276. The third-order valence-corrected chi connectivity index (χ3v) is 4.96. The summed E-state index contributed by atoms with van der Waals surface area (Å²) in [7, 11) is 1.76. The van der Waals surface area contributed by atoms with Gasteiger partial charge in [-0.2, -0.15) is 4.80 Å². The van der Waals surface area contributed by atoms with E-state index < -0.39 is 0 Å². The van der Waals surface area contributed by atoms with E-state index in [2.05, 4.69) is 37.2 Å². The van der Waals surface area contributed by atoms with Crippen LogP contribution in [0.5, 0.6) is 0 Å². The molecule has 0 spiro atoms. The first-order valence-corrected chi connectivity index (χ1v) is 8.61. The first-order valence-electron chi connectivity index (χ1n) is 8.23. The molecule has 4 rings (SSSR count). The van der Waals surface area contributed by atoms with Gasteiger partial charge < -0.3 is 15.4 Å². The molecule has 0 radical (unpaired) electrons. The van der Waals surface area contributed by atoms with Crippen molar-refractivity contribution in [3.63, 3.8) is 0 Å². The second-order valence-electron chi connectivity index (χ2n) is 6.28. The molecule has 1 saturated carbocycles. The number of imidazole rings is 1. The van der Waals surface area contributed by atoms with Gasteiger partial charge in [0.2, 0.25) is 0 Å². The Balaban J connectivity index is 1.68. The second kappa shape index (κ2) is 6.55. The van der Waals surface area contributed by atoms with E-state index in [9.17, 15) is 0 Å². The van der Waals surface area contributed by atoms with Crippen molar-refractivity contribution >= 4 is 28.5 Å². The number of pyridine rings is 1. The monoisotopic (exact) mass is 372 g/mol. The second-order valence-corrected chi connectivity index (χ2v) is 6.63. The number of fused-ring (bicyclic) bond motifs is 1. The molecule has 9 nitrogen and oxygen atoms in total. The lowest BCUT2D eigenvalue weighted by molar-refractivity contribution is 0.350. The fourth-order valence-electron chi connectivity index (χ4n) is 3.45.